The molecule has 21 heavy (non-hydrogen) atoms. The van der Waals surface area contributed by atoms with Gasteiger partial charge in [-0.1, -0.05) is 13.8 Å². The lowest BCUT2D eigenvalue weighted by Gasteiger charge is -2.18. The summed E-state index contributed by atoms with van der Waals surface area (Å²) in [7, 11) is 3.97. The molecule has 1 heterocycles. The molecule has 118 valence electrons. The molecule has 0 atom stereocenters. The summed E-state index contributed by atoms with van der Waals surface area (Å²) >= 11 is 0. The van der Waals surface area contributed by atoms with E-state index in [1.165, 1.54) is 0 Å². The van der Waals surface area contributed by atoms with E-state index in [0.29, 0.717) is 30.6 Å². The number of hydrogen-bond acceptors (Lipinski definition) is 4. The molecule has 0 saturated heterocycles. The summed E-state index contributed by atoms with van der Waals surface area (Å²) in [5.74, 6) is -0.889. The Morgan fingerprint density at radius 2 is 1.95 bits per heavy atom. The third kappa shape index (κ3) is 4.67. The standard InChI is InChI=1S/C15H25N3O3/c1-5-12-11(10-14(19)20)13(6-2)18(15(21)16-12)9-7-8-17(3)4/h5-10H2,1-4H3,(H,19,20). The lowest BCUT2D eigenvalue weighted by molar-refractivity contribution is -0.136. The monoisotopic (exact) mass is 295 g/mol. The van der Waals surface area contributed by atoms with E-state index >= 15 is 0 Å². The zero-order valence-corrected chi connectivity index (χ0v) is 13.3. The van der Waals surface area contributed by atoms with Crippen molar-refractivity contribution in [3.05, 3.63) is 27.4 Å². The first-order valence-electron chi connectivity index (χ1n) is 7.38. The fourth-order valence-corrected chi connectivity index (χ4v) is 2.52. The number of carboxylic acid groups (broad SMARTS) is 1. The minimum Gasteiger partial charge on any atom is -0.481 e. The average molecular weight is 295 g/mol. The van der Waals surface area contributed by atoms with Crippen molar-refractivity contribution in [3.8, 4) is 0 Å². The molecular weight excluding hydrogens is 270 g/mol. The van der Waals surface area contributed by atoms with Gasteiger partial charge in [0, 0.05) is 17.8 Å². The molecule has 0 aromatic carbocycles. The van der Waals surface area contributed by atoms with Crippen LogP contribution in [0, 0.1) is 0 Å². The average Bonchev–Trinajstić information content (AvgIpc) is 2.40. The number of carbonyl (C=O) groups is 1. The number of rotatable bonds is 8. The lowest BCUT2D eigenvalue weighted by atomic mass is 10.0. The predicted octanol–water partition coefficient (Wildman–Crippen LogP) is 0.947. The van der Waals surface area contributed by atoms with Gasteiger partial charge in [0.2, 0.25) is 0 Å². The van der Waals surface area contributed by atoms with Crippen LogP contribution in [-0.2, 0) is 30.6 Å². The fraction of sp³-hybridized carbons (Fsp3) is 0.667. The summed E-state index contributed by atoms with van der Waals surface area (Å²) in [6.45, 7) is 5.29. The Kier molecular flexibility index (Phi) is 6.55. The van der Waals surface area contributed by atoms with Gasteiger partial charge < -0.3 is 10.0 Å². The Morgan fingerprint density at radius 1 is 1.29 bits per heavy atom. The van der Waals surface area contributed by atoms with Crippen LogP contribution in [0.25, 0.3) is 0 Å². The fourth-order valence-electron chi connectivity index (χ4n) is 2.52. The third-order valence-corrected chi connectivity index (χ3v) is 3.47. The number of aliphatic carboxylic acids is 1. The maximum atomic E-state index is 12.2. The molecule has 1 N–H and O–H groups in total. The molecule has 0 saturated carbocycles. The van der Waals surface area contributed by atoms with Crippen molar-refractivity contribution in [2.45, 2.75) is 46.1 Å². The first-order valence-corrected chi connectivity index (χ1v) is 7.38. The molecule has 0 aliphatic carbocycles. The number of aryl methyl sites for hydroxylation is 1. The van der Waals surface area contributed by atoms with Gasteiger partial charge in [0.05, 0.1) is 12.1 Å². The Labute approximate surface area is 125 Å². The zero-order valence-electron chi connectivity index (χ0n) is 13.3. The highest BCUT2D eigenvalue weighted by Gasteiger charge is 2.17. The number of hydrogen-bond donors (Lipinski definition) is 1. The van der Waals surface area contributed by atoms with Crippen molar-refractivity contribution in [1.82, 2.24) is 14.5 Å². The van der Waals surface area contributed by atoms with Crippen LogP contribution < -0.4 is 5.69 Å². The molecule has 0 spiro atoms. The Hall–Kier alpha value is -1.69. The highest BCUT2D eigenvalue weighted by atomic mass is 16.4. The van der Waals surface area contributed by atoms with Gasteiger partial charge in [-0.3, -0.25) is 9.36 Å². The first-order chi connectivity index (χ1) is 9.90. The summed E-state index contributed by atoms with van der Waals surface area (Å²) in [6.07, 6.45) is 1.96. The molecule has 1 aromatic heterocycles. The van der Waals surface area contributed by atoms with Crippen molar-refractivity contribution < 1.29 is 9.90 Å². The maximum absolute atomic E-state index is 12.2. The maximum Gasteiger partial charge on any atom is 0.347 e. The number of carboxylic acids is 1. The van der Waals surface area contributed by atoms with E-state index in [9.17, 15) is 9.59 Å². The van der Waals surface area contributed by atoms with Gasteiger partial charge in [0.25, 0.3) is 0 Å². The van der Waals surface area contributed by atoms with E-state index in [1.807, 2.05) is 27.9 Å². The van der Waals surface area contributed by atoms with Gasteiger partial charge in [-0.15, -0.1) is 0 Å². The van der Waals surface area contributed by atoms with Crippen LogP contribution in [0.15, 0.2) is 4.79 Å². The van der Waals surface area contributed by atoms with Gasteiger partial charge in [0.15, 0.2) is 0 Å². The van der Waals surface area contributed by atoms with Gasteiger partial charge in [-0.2, -0.15) is 4.98 Å². The molecule has 0 amide bonds. The zero-order chi connectivity index (χ0) is 16.0. The third-order valence-electron chi connectivity index (χ3n) is 3.47. The van der Waals surface area contributed by atoms with Gasteiger partial charge in [0.1, 0.15) is 0 Å². The van der Waals surface area contributed by atoms with E-state index in [-0.39, 0.29) is 12.1 Å². The molecule has 1 rings (SSSR count). The molecule has 0 aliphatic heterocycles. The van der Waals surface area contributed by atoms with Crippen LogP contribution in [0.4, 0.5) is 0 Å². The molecule has 0 unspecified atom stereocenters. The van der Waals surface area contributed by atoms with Crippen LogP contribution in [0.5, 0.6) is 0 Å². The highest BCUT2D eigenvalue weighted by molar-refractivity contribution is 5.71. The van der Waals surface area contributed by atoms with E-state index < -0.39 is 5.97 Å². The molecule has 0 fully saturated rings. The second kappa shape index (κ2) is 7.93. The van der Waals surface area contributed by atoms with Crippen LogP contribution in [-0.4, -0.2) is 46.2 Å². The van der Waals surface area contributed by atoms with Crippen molar-refractivity contribution in [3.63, 3.8) is 0 Å². The van der Waals surface area contributed by atoms with E-state index in [0.717, 1.165) is 18.7 Å². The summed E-state index contributed by atoms with van der Waals surface area (Å²) in [5.41, 5.74) is 1.87. The van der Waals surface area contributed by atoms with Crippen LogP contribution in [0.3, 0.4) is 0 Å². The normalized spacial score (nSPS) is 11.1. The van der Waals surface area contributed by atoms with Gasteiger partial charge in [-0.25, -0.2) is 4.79 Å². The van der Waals surface area contributed by atoms with Crippen LogP contribution in [0.2, 0.25) is 0 Å². The van der Waals surface area contributed by atoms with Crippen molar-refractivity contribution in [2.75, 3.05) is 20.6 Å². The van der Waals surface area contributed by atoms with E-state index in [4.69, 9.17) is 5.11 Å². The molecule has 0 radical (unpaired) electrons. The minimum atomic E-state index is -0.889. The van der Waals surface area contributed by atoms with Crippen molar-refractivity contribution in [2.24, 2.45) is 0 Å². The highest BCUT2D eigenvalue weighted by Crippen LogP contribution is 2.14. The van der Waals surface area contributed by atoms with Crippen LogP contribution in [0.1, 0.15) is 37.2 Å². The Morgan fingerprint density at radius 3 is 2.43 bits per heavy atom. The molecule has 6 heteroatoms. The summed E-state index contributed by atoms with van der Waals surface area (Å²) < 4.78 is 1.64. The largest absolute Gasteiger partial charge is 0.481 e. The minimum absolute atomic E-state index is 0.0761. The van der Waals surface area contributed by atoms with Crippen LogP contribution >= 0.6 is 0 Å². The quantitative estimate of drug-likeness (QED) is 0.772. The molecule has 1 aromatic rings. The molecular formula is C15H25N3O3. The Bertz CT molecular complexity index is 550. The summed E-state index contributed by atoms with van der Waals surface area (Å²) in [5, 5.41) is 9.09. The van der Waals surface area contributed by atoms with Gasteiger partial charge >= 0.3 is 11.7 Å². The topological polar surface area (TPSA) is 75.4 Å². The SMILES string of the molecule is CCc1nc(=O)n(CCCN(C)C)c(CC)c1CC(=O)O. The van der Waals surface area contributed by atoms with E-state index in [1.54, 1.807) is 4.57 Å². The number of nitrogens with zero attached hydrogens (tertiary/aromatic N) is 3. The molecule has 6 nitrogen and oxygen atoms in total. The second-order valence-electron chi connectivity index (χ2n) is 5.35. The van der Waals surface area contributed by atoms with Crippen molar-refractivity contribution in [1.29, 1.82) is 0 Å². The summed E-state index contributed by atoms with van der Waals surface area (Å²) in [6, 6.07) is 0. The second-order valence-corrected chi connectivity index (χ2v) is 5.35. The lowest BCUT2D eigenvalue weighted by Crippen LogP contribution is -2.31. The van der Waals surface area contributed by atoms with Crippen molar-refractivity contribution >= 4 is 5.97 Å². The Balaban J connectivity index is 3.22. The summed E-state index contributed by atoms with van der Waals surface area (Å²) in [4.78, 5) is 29.4. The molecule has 0 aliphatic rings. The van der Waals surface area contributed by atoms with E-state index in [2.05, 4.69) is 9.88 Å². The predicted molar refractivity (Wildman–Crippen MR) is 81.8 cm³/mol. The van der Waals surface area contributed by atoms with Gasteiger partial charge in [-0.05, 0) is 39.9 Å². The first kappa shape index (κ1) is 17.4. The number of aromatic nitrogens is 2. The smallest absolute Gasteiger partial charge is 0.347 e. The molecule has 0 bridgehead atoms.